The molecule has 2 aromatic carbocycles. The third kappa shape index (κ3) is 3.38. The minimum absolute atomic E-state index is 0.00657. The van der Waals surface area contributed by atoms with Crippen molar-refractivity contribution in [2.75, 3.05) is 5.32 Å². The zero-order valence-corrected chi connectivity index (χ0v) is 12.0. The van der Waals surface area contributed by atoms with E-state index in [9.17, 15) is 19.1 Å². The van der Waals surface area contributed by atoms with E-state index < -0.39 is 23.3 Å². The lowest BCUT2D eigenvalue weighted by molar-refractivity contribution is 0.0691. The SMILES string of the molecule is O=C(Nc1ccc(C(=O)O)c(F)c1)c1cc(Br)ccc1O. The maximum Gasteiger partial charge on any atom is 0.338 e. The van der Waals surface area contributed by atoms with E-state index >= 15 is 0 Å². The molecule has 7 heteroatoms. The number of phenolic OH excluding ortho intramolecular Hbond substituents is 1. The fourth-order valence-corrected chi connectivity index (χ4v) is 2.02. The molecule has 5 nitrogen and oxygen atoms in total. The molecule has 0 saturated heterocycles. The van der Waals surface area contributed by atoms with E-state index in [1.807, 2.05) is 0 Å². The molecule has 2 aromatic rings. The number of aromatic carboxylic acids is 1. The molecular formula is C14H9BrFNO4. The fourth-order valence-electron chi connectivity index (χ4n) is 1.65. The summed E-state index contributed by atoms with van der Waals surface area (Å²) in [6.45, 7) is 0. The van der Waals surface area contributed by atoms with Gasteiger partial charge in [-0.2, -0.15) is 0 Å². The molecule has 0 aromatic heterocycles. The summed E-state index contributed by atoms with van der Waals surface area (Å²) in [4.78, 5) is 22.7. The van der Waals surface area contributed by atoms with Crippen molar-refractivity contribution in [2.45, 2.75) is 0 Å². The lowest BCUT2D eigenvalue weighted by Crippen LogP contribution is -2.13. The molecule has 0 aliphatic heterocycles. The van der Waals surface area contributed by atoms with Crippen LogP contribution in [0.2, 0.25) is 0 Å². The van der Waals surface area contributed by atoms with E-state index in [0.717, 1.165) is 12.1 Å². The zero-order valence-electron chi connectivity index (χ0n) is 10.4. The van der Waals surface area contributed by atoms with Crippen molar-refractivity contribution in [3.8, 4) is 5.75 Å². The van der Waals surface area contributed by atoms with E-state index in [2.05, 4.69) is 21.2 Å². The third-order valence-electron chi connectivity index (χ3n) is 2.66. The summed E-state index contributed by atoms with van der Waals surface area (Å²) in [5.41, 5.74) is -0.396. The number of amides is 1. The number of anilines is 1. The Hall–Kier alpha value is -2.41. The van der Waals surface area contributed by atoms with Crippen LogP contribution in [0.5, 0.6) is 5.75 Å². The van der Waals surface area contributed by atoms with Gasteiger partial charge in [-0.1, -0.05) is 15.9 Å². The number of rotatable bonds is 3. The van der Waals surface area contributed by atoms with Gasteiger partial charge in [-0.25, -0.2) is 9.18 Å². The number of benzene rings is 2. The largest absolute Gasteiger partial charge is 0.507 e. The van der Waals surface area contributed by atoms with Crippen molar-refractivity contribution < 1.29 is 24.2 Å². The smallest absolute Gasteiger partial charge is 0.338 e. The van der Waals surface area contributed by atoms with Gasteiger partial charge in [0.1, 0.15) is 11.6 Å². The summed E-state index contributed by atoms with van der Waals surface area (Å²) in [6.07, 6.45) is 0. The Bertz CT molecular complexity index is 733. The Kier molecular flexibility index (Phi) is 4.23. The summed E-state index contributed by atoms with van der Waals surface area (Å²) in [6, 6.07) is 7.52. The molecule has 0 fully saturated rings. The Balaban J connectivity index is 2.26. The van der Waals surface area contributed by atoms with Gasteiger partial charge < -0.3 is 15.5 Å². The quantitative estimate of drug-likeness (QED) is 0.790. The van der Waals surface area contributed by atoms with E-state index in [1.54, 1.807) is 6.07 Å². The van der Waals surface area contributed by atoms with Gasteiger partial charge in [0, 0.05) is 10.2 Å². The van der Waals surface area contributed by atoms with Gasteiger partial charge in [0.25, 0.3) is 5.91 Å². The molecule has 0 heterocycles. The van der Waals surface area contributed by atoms with Gasteiger partial charge in [-0.3, -0.25) is 4.79 Å². The second kappa shape index (κ2) is 5.92. The van der Waals surface area contributed by atoms with Crippen LogP contribution in [-0.2, 0) is 0 Å². The highest BCUT2D eigenvalue weighted by Crippen LogP contribution is 2.23. The van der Waals surface area contributed by atoms with Crippen LogP contribution in [0, 0.1) is 5.82 Å². The number of halogens is 2. The van der Waals surface area contributed by atoms with Crippen molar-refractivity contribution in [1.82, 2.24) is 0 Å². The second-order valence-electron chi connectivity index (χ2n) is 4.12. The van der Waals surface area contributed by atoms with Crippen LogP contribution < -0.4 is 5.32 Å². The topological polar surface area (TPSA) is 86.6 Å². The van der Waals surface area contributed by atoms with E-state index in [0.29, 0.717) is 4.47 Å². The first-order chi connectivity index (χ1) is 9.88. The zero-order chi connectivity index (χ0) is 15.6. The number of hydrogen-bond donors (Lipinski definition) is 3. The highest BCUT2D eigenvalue weighted by atomic mass is 79.9. The number of hydrogen-bond acceptors (Lipinski definition) is 3. The predicted octanol–water partition coefficient (Wildman–Crippen LogP) is 3.24. The lowest BCUT2D eigenvalue weighted by atomic mass is 10.1. The molecule has 108 valence electrons. The van der Waals surface area contributed by atoms with Gasteiger partial charge >= 0.3 is 5.97 Å². The molecule has 3 N–H and O–H groups in total. The summed E-state index contributed by atoms with van der Waals surface area (Å²) in [7, 11) is 0. The number of phenols is 1. The first kappa shape index (κ1) is 15.0. The molecule has 0 saturated carbocycles. The van der Waals surface area contributed by atoms with Crippen LogP contribution in [0.25, 0.3) is 0 Å². The molecule has 0 aliphatic rings. The molecule has 2 rings (SSSR count). The maximum atomic E-state index is 13.5. The molecule has 1 amide bonds. The van der Waals surface area contributed by atoms with Crippen LogP contribution in [0.4, 0.5) is 10.1 Å². The molecule has 0 radical (unpaired) electrons. The van der Waals surface area contributed by atoms with E-state index in [4.69, 9.17) is 5.11 Å². The molecular weight excluding hydrogens is 345 g/mol. The first-order valence-electron chi connectivity index (χ1n) is 5.71. The Morgan fingerprint density at radius 3 is 2.43 bits per heavy atom. The standard InChI is InChI=1S/C14H9BrFNO4/c15-7-1-4-12(18)10(5-7)13(19)17-8-2-3-9(14(20)21)11(16)6-8/h1-6,18H,(H,17,19)(H,20,21). The summed E-state index contributed by atoms with van der Waals surface area (Å²) < 4.78 is 14.1. The van der Waals surface area contributed by atoms with E-state index in [-0.39, 0.29) is 17.0 Å². The van der Waals surface area contributed by atoms with Crippen molar-refractivity contribution in [2.24, 2.45) is 0 Å². The highest BCUT2D eigenvalue weighted by molar-refractivity contribution is 9.10. The third-order valence-corrected chi connectivity index (χ3v) is 3.15. The van der Waals surface area contributed by atoms with Crippen LogP contribution in [0.3, 0.4) is 0 Å². The van der Waals surface area contributed by atoms with Crippen molar-refractivity contribution in [3.05, 3.63) is 57.8 Å². The highest BCUT2D eigenvalue weighted by Gasteiger charge is 2.14. The Morgan fingerprint density at radius 2 is 1.81 bits per heavy atom. The molecule has 0 aliphatic carbocycles. The molecule has 0 spiro atoms. The fraction of sp³-hybridized carbons (Fsp3) is 0. The summed E-state index contributed by atoms with van der Waals surface area (Å²) in [5.74, 6) is -3.22. The van der Waals surface area contributed by atoms with Gasteiger partial charge in [0.05, 0.1) is 11.1 Å². The molecule has 0 atom stereocenters. The van der Waals surface area contributed by atoms with Gasteiger partial charge in [0.2, 0.25) is 0 Å². The van der Waals surface area contributed by atoms with Crippen molar-refractivity contribution in [3.63, 3.8) is 0 Å². The van der Waals surface area contributed by atoms with Crippen LogP contribution in [-0.4, -0.2) is 22.1 Å². The Morgan fingerprint density at radius 1 is 1.10 bits per heavy atom. The summed E-state index contributed by atoms with van der Waals surface area (Å²) in [5, 5.41) is 20.7. The number of carboxylic acids is 1. The van der Waals surface area contributed by atoms with Crippen molar-refractivity contribution >= 4 is 33.5 Å². The average molecular weight is 354 g/mol. The van der Waals surface area contributed by atoms with Gasteiger partial charge in [-0.15, -0.1) is 0 Å². The van der Waals surface area contributed by atoms with Gasteiger partial charge in [-0.05, 0) is 36.4 Å². The van der Waals surface area contributed by atoms with Crippen LogP contribution >= 0.6 is 15.9 Å². The number of carboxylic acid groups (broad SMARTS) is 1. The molecule has 0 bridgehead atoms. The molecule has 0 unspecified atom stereocenters. The van der Waals surface area contributed by atoms with Crippen LogP contribution in [0.1, 0.15) is 20.7 Å². The molecule has 21 heavy (non-hydrogen) atoms. The minimum atomic E-state index is -1.39. The Labute approximate surface area is 127 Å². The number of carbonyl (C=O) groups excluding carboxylic acids is 1. The van der Waals surface area contributed by atoms with Crippen molar-refractivity contribution in [1.29, 1.82) is 0 Å². The number of aromatic hydroxyl groups is 1. The van der Waals surface area contributed by atoms with E-state index in [1.165, 1.54) is 18.2 Å². The van der Waals surface area contributed by atoms with Gasteiger partial charge in [0.15, 0.2) is 0 Å². The average Bonchev–Trinajstić information content (AvgIpc) is 2.41. The predicted molar refractivity (Wildman–Crippen MR) is 77.1 cm³/mol. The number of nitrogens with one attached hydrogen (secondary N) is 1. The monoisotopic (exact) mass is 353 g/mol. The first-order valence-corrected chi connectivity index (χ1v) is 6.50. The minimum Gasteiger partial charge on any atom is -0.507 e. The second-order valence-corrected chi connectivity index (χ2v) is 5.03. The van der Waals surface area contributed by atoms with Crippen LogP contribution in [0.15, 0.2) is 40.9 Å². The normalized spacial score (nSPS) is 10.2. The number of carbonyl (C=O) groups is 2. The maximum absolute atomic E-state index is 13.5. The summed E-state index contributed by atoms with van der Waals surface area (Å²) >= 11 is 3.17. The lowest BCUT2D eigenvalue weighted by Gasteiger charge is -2.08.